The standard InChI is InChI=1S/C10H18N2O2/c1-9(2)6-11-8(12-9)7-5-13-10(3,4)14-7/h7H,5-6H2,1-4H3,(H,11,12). The molecule has 4 heteroatoms. The van der Waals surface area contributed by atoms with Gasteiger partial charge in [-0.25, -0.2) is 0 Å². The molecule has 1 unspecified atom stereocenters. The Kier molecular flexibility index (Phi) is 2.08. The van der Waals surface area contributed by atoms with Crippen LogP contribution in [-0.2, 0) is 9.47 Å². The summed E-state index contributed by atoms with van der Waals surface area (Å²) in [5.41, 5.74) is 0.0609. The molecule has 0 aliphatic carbocycles. The van der Waals surface area contributed by atoms with Gasteiger partial charge in [0.05, 0.1) is 18.7 Å². The van der Waals surface area contributed by atoms with Crippen LogP contribution >= 0.6 is 0 Å². The van der Waals surface area contributed by atoms with Crippen molar-refractivity contribution in [3.05, 3.63) is 0 Å². The van der Waals surface area contributed by atoms with E-state index in [4.69, 9.17) is 9.47 Å². The van der Waals surface area contributed by atoms with Gasteiger partial charge in [-0.05, 0) is 27.7 Å². The molecule has 1 saturated heterocycles. The highest BCUT2D eigenvalue weighted by Crippen LogP contribution is 2.24. The van der Waals surface area contributed by atoms with Crippen LogP contribution in [0.2, 0.25) is 0 Å². The van der Waals surface area contributed by atoms with Crippen LogP contribution in [0.25, 0.3) is 0 Å². The molecule has 14 heavy (non-hydrogen) atoms. The van der Waals surface area contributed by atoms with Gasteiger partial charge >= 0.3 is 0 Å². The number of nitrogens with one attached hydrogen (secondary N) is 1. The molecule has 2 aliphatic heterocycles. The lowest BCUT2D eigenvalue weighted by molar-refractivity contribution is -0.131. The summed E-state index contributed by atoms with van der Waals surface area (Å²) in [4.78, 5) is 4.44. The van der Waals surface area contributed by atoms with Crippen LogP contribution in [0.3, 0.4) is 0 Å². The van der Waals surface area contributed by atoms with Crippen LogP contribution in [0.15, 0.2) is 4.99 Å². The first-order valence-electron chi connectivity index (χ1n) is 5.02. The highest BCUT2D eigenvalue weighted by Gasteiger charge is 2.39. The van der Waals surface area contributed by atoms with Gasteiger partial charge in [-0.2, -0.15) is 0 Å². The Morgan fingerprint density at radius 2 is 2.07 bits per heavy atom. The summed E-state index contributed by atoms with van der Waals surface area (Å²) >= 11 is 0. The van der Waals surface area contributed by atoms with Crippen LogP contribution in [0.1, 0.15) is 27.7 Å². The quantitative estimate of drug-likeness (QED) is 0.681. The van der Waals surface area contributed by atoms with E-state index in [0.717, 1.165) is 12.4 Å². The second kappa shape index (κ2) is 2.94. The Morgan fingerprint density at radius 1 is 1.36 bits per heavy atom. The van der Waals surface area contributed by atoms with Gasteiger partial charge in [0.1, 0.15) is 11.9 Å². The smallest absolute Gasteiger partial charge is 0.163 e. The molecule has 1 N–H and O–H groups in total. The van der Waals surface area contributed by atoms with Crippen LogP contribution in [0.5, 0.6) is 0 Å². The lowest BCUT2D eigenvalue weighted by Gasteiger charge is -2.21. The molecule has 0 spiro atoms. The van der Waals surface area contributed by atoms with E-state index in [1.54, 1.807) is 0 Å². The first kappa shape index (κ1) is 9.93. The predicted molar refractivity (Wildman–Crippen MR) is 54.4 cm³/mol. The fourth-order valence-corrected chi connectivity index (χ4v) is 1.71. The third kappa shape index (κ3) is 1.91. The molecular weight excluding hydrogens is 180 g/mol. The van der Waals surface area contributed by atoms with E-state index in [1.807, 2.05) is 13.8 Å². The third-order valence-corrected chi connectivity index (χ3v) is 2.42. The van der Waals surface area contributed by atoms with Crippen LogP contribution < -0.4 is 5.32 Å². The fraction of sp³-hybridized carbons (Fsp3) is 0.900. The van der Waals surface area contributed by atoms with Crippen LogP contribution in [-0.4, -0.2) is 36.4 Å². The summed E-state index contributed by atoms with van der Waals surface area (Å²) in [5.74, 6) is 0.460. The Labute approximate surface area is 84.7 Å². The molecular formula is C10H18N2O2. The number of nitrogens with zero attached hydrogens (tertiary/aromatic N) is 1. The average molecular weight is 198 g/mol. The number of rotatable bonds is 1. The van der Waals surface area contributed by atoms with E-state index < -0.39 is 5.79 Å². The van der Waals surface area contributed by atoms with Gasteiger partial charge in [0.2, 0.25) is 0 Å². The Bertz CT molecular complexity index is 271. The maximum atomic E-state index is 5.71. The highest BCUT2D eigenvalue weighted by atomic mass is 16.7. The number of hydrogen-bond acceptors (Lipinski definition) is 4. The molecule has 2 aliphatic rings. The molecule has 0 aromatic rings. The molecule has 80 valence electrons. The van der Waals surface area contributed by atoms with Gasteiger partial charge in [0.25, 0.3) is 0 Å². The lowest BCUT2D eigenvalue weighted by atomic mass is 10.1. The summed E-state index contributed by atoms with van der Waals surface area (Å²) in [6, 6.07) is 0. The zero-order chi connectivity index (χ0) is 10.4. The maximum Gasteiger partial charge on any atom is 0.163 e. The zero-order valence-corrected chi connectivity index (χ0v) is 9.26. The second-order valence-corrected chi connectivity index (χ2v) is 5.03. The van der Waals surface area contributed by atoms with Crippen molar-refractivity contribution < 1.29 is 9.47 Å². The molecule has 4 nitrogen and oxygen atoms in total. The molecule has 2 rings (SSSR count). The van der Waals surface area contributed by atoms with Crippen molar-refractivity contribution in [3.63, 3.8) is 0 Å². The molecule has 2 heterocycles. The third-order valence-electron chi connectivity index (χ3n) is 2.42. The molecule has 0 aromatic carbocycles. The monoisotopic (exact) mass is 198 g/mol. The topological polar surface area (TPSA) is 42.9 Å². The number of aliphatic imine (C=N–C) groups is 1. The van der Waals surface area contributed by atoms with Gasteiger partial charge in [0, 0.05) is 0 Å². The van der Waals surface area contributed by atoms with Crippen molar-refractivity contribution in [1.82, 2.24) is 5.32 Å². The molecule has 0 aromatic heterocycles. The van der Waals surface area contributed by atoms with Crippen molar-refractivity contribution in [2.75, 3.05) is 13.2 Å². The van der Waals surface area contributed by atoms with Crippen LogP contribution in [0.4, 0.5) is 0 Å². The van der Waals surface area contributed by atoms with E-state index in [0.29, 0.717) is 6.61 Å². The zero-order valence-electron chi connectivity index (χ0n) is 9.26. The first-order chi connectivity index (χ1) is 6.38. The SMILES string of the molecule is CC1(C)CN=C(C2COC(C)(C)O2)N1. The molecule has 0 saturated carbocycles. The van der Waals surface area contributed by atoms with Crippen molar-refractivity contribution in [3.8, 4) is 0 Å². The largest absolute Gasteiger partial charge is 0.365 e. The number of ether oxygens (including phenoxy) is 2. The van der Waals surface area contributed by atoms with Crippen molar-refractivity contribution >= 4 is 5.84 Å². The summed E-state index contributed by atoms with van der Waals surface area (Å²) in [7, 11) is 0. The van der Waals surface area contributed by atoms with Gasteiger partial charge in [0.15, 0.2) is 5.79 Å². The summed E-state index contributed by atoms with van der Waals surface area (Å²) in [6.07, 6.45) is -0.0215. The second-order valence-electron chi connectivity index (χ2n) is 5.03. The Balaban J connectivity index is 1.99. The van der Waals surface area contributed by atoms with Gasteiger partial charge in [-0.1, -0.05) is 0 Å². The molecule has 0 radical (unpaired) electrons. The van der Waals surface area contributed by atoms with Crippen molar-refractivity contribution in [1.29, 1.82) is 0 Å². The minimum atomic E-state index is -0.471. The average Bonchev–Trinajstić information content (AvgIpc) is 2.54. The number of hydrogen-bond donors (Lipinski definition) is 1. The van der Waals surface area contributed by atoms with Gasteiger partial charge < -0.3 is 14.8 Å². The Hall–Kier alpha value is -0.610. The highest BCUT2D eigenvalue weighted by molar-refractivity contribution is 5.89. The van der Waals surface area contributed by atoms with Crippen molar-refractivity contribution in [2.24, 2.45) is 4.99 Å². The summed E-state index contributed by atoms with van der Waals surface area (Å²) in [6.45, 7) is 9.51. The molecule has 0 bridgehead atoms. The van der Waals surface area contributed by atoms with E-state index in [1.165, 1.54) is 0 Å². The lowest BCUT2D eigenvalue weighted by Crippen LogP contribution is -2.44. The number of amidine groups is 1. The Morgan fingerprint density at radius 3 is 2.50 bits per heavy atom. The van der Waals surface area contributed by atoms with Gasteiger partial charge in [-0.15, -0.1) is 0 Å². The van der Waals surface area contributed by atoms with Crippen molar-refractivity contribution in [2.45, 2.75) is 45.1 Å². The first-order valence-corrected chi connectivity index (χ1v) is 5.02. The summed E-state index contributed by atoms with van der Waals surface area (Å²) in [5, 5.41) is 3.35. The molecule has 1 atom stereocenters. The normalized spacial score (nSPS) is 34.0. The molecule has 0 amide bonds. The van der Waals surface area contributed by atoms with E-state index in [-0.39, 0.29) is 11.6 Å². The van der Waals surface area contributed by atoms with Gasteiger partial charge in [-0.3, -0.25) is 4.99 Å². The maximum absolute atomic E-state index is 5.71. The minimum Gasteiger partial charge on any atom is -0.365 e. The van der Waals surface area contributed by atoms with E-state index >= 15 is 0 Å². The van der Waals surface area contributed by atoms with E-state index in [2.05, 4.69) is 24.2 Å². The predicted octanol–water partition coefficient (Wildman–Crippen LogP) is 0.918. The summed E-state index contributed by atoms with van der Waals surface area (Å²) < 4.78 is 11.2. The van der Waals surface area contributed by atoms with E-state index in [9.17, 15) is 0 Å². The van der Waals surface area contributed by atoms with Crippen LogP contribution in [0, 0.1) is 0 Å². The fourth-order valence-electron chi connectivity index (χ4n) is 1.71. The minimum absolute atomic E-state index is 0.0215. The molecule has 1 fully saturated rings.